The minimum Gasteiger partial charge on any atom is -0.307 e. The molecule has 0 fully saturated rings. The van der Waals surface area contributed by atoms with Crippen molar-refractivity contribution in [1.29, 1.82) is 0 Å². The molecule has 0 unspecified atom stereocenters. The Morgan fingerprint density at radius 1 is 0.378 bits per heavy atom. The number of hydrogen-bond acceptors (Lipinski definition) is 4. The minimum absolute atomic E-state index is 0.00985. The zero-order valence-corrected chi connectivity index (χ0v) is 29.3. The van der Waals surface area contributed by atoms with Crippen LogP contribution in [0.1, 0.15) is 158 Å². The fourth-order valence-electron chi connectivity index (χ4n) is 9.45. The quantitative estimate of drug-likeness (QED) is 0.213. The molecule has 0 rings (SSSR count). The molecule has 4 nitrogen and oxygen atoms in total. The van der Waals surface area contributed by atoms with Crippen molar-refractivity contribution >= 4 is 0 Å². The molecule has 0 aromatic heterocycles. The Morgan fingerprint density at radius 3 is 0.757 bits per heavy atom. The van der Waals surface area contributed by atoms with E-state index in [0.29, 0.717) is 24.2 Å². The van der Waals surface area contributed by atoms with Crippen molar-refractivity contribution in [2.45, 2.75) is 215 Å². The monoisotopic (exact) mass is 525 g/mol. The lowest BCUT2D eigenvalue weighted by Gasteiger charge is -2.51. The second kappa shape index (κ2) is 12.6. The molecule has 0 spiro atoms. The zero-order valence-electron chi connectivity index (χ0n) is 29.3. The largest absolute Gasteiger partial charge is 0.307 e. The standard InChI is InChI=1S/C33H72N4/c1-24(2)36(25(3)4)32(17,18)22-30(13,14)34-28(9,10)21-29(11,12)35-31(15,16)23-33(19,20)37(26(5)6)27(7)8/h24-27,34-35H,21-23H2,1-20H3. The molecule has 0 aliphatic rings. The summed E-state index contributed by atoms with van der Waals surface area (Å²) in [5.41, 5.74) is 0.216. The van der Waals surface area contributed by atoms with Gasteiger partial charge in [-0.05, 0) is 158 Å². The smallest absolute Gasteiger partial charge is 0.0175 e. The van der Waals surface area contributed by atoms with Crippen molar-refractivity contribution in [2.75, 3.05) is 0 Å². The third-order valence-electron chi connectivity index (χ3n) is 7.61. The summed E-state index contributed by atoms with van der Waals surface area (Å²) in [6.07, 6.45) is 3.23. The Balaban J connectivity index is 5.58. The average Bonchev–Trinajstić information content (AvgIpc) is 2.44. The Morgan fingerprint density at radius 2 is 0.568 bits per heavy atom. The van der Waals surface area contributed by atoms with Gasteiger partial charge in [0.25, 0.3) is 0 Å². The number of nitrogens with zero attached hydrogens (tertiary/aromatic N) is 2. The molecule has 0 bridgehead atoms. The Labute approximate surface area is 235 Å². The van der Waals surface area contributed by atoms with Crippen LogP contribution in [0.25, 0.3) is 0 Å². The number of rotatable bonds is 16. The molecular formula is C33H72N4. The first-order valence-corrected chi connectivity index (χ1v) is 15.2. The normalized spacial score (nSPS) is 15.4. The molecule has 0 aromatic rings. The van der Waals surface area contributed by atoms with E-state index >= 15 is 0 Å². The summed E-state index contributed by atoms with van der Waals surface area (Å²) in [6.45, 7) is 47.3. The van der Waals surface area contributed by atoms with E-state index in [0.717, 1.165) is 19.3 Å². The molecule has 4 heteroatoms. The van der Waals surface area contributed by atoms with E-state index in [1.165, 1.54) is 0 Å². The van der Waals surface area contributed by atoms with E-state index in [2.05, 4.69) is 159 Å². The predicted molar refractivity (Wildman–Crippen MR) is 169 cm³/mol. The van der Waals surface area contributed by atoms with Crippen molar-refractivity contribution in [3.63, 3.8) is 0 Å². The van der Waals surface area contributed by atoms with Crippen LogP contribution < -0.4 is 10.6 Å². The van der Waals surface area contributed by atoms with Gasteiger partial charge in [-0.25, -0.2) is 0 Å². The lowest BCUT2D eigenvalue weighted by molar-refractivity contribution is 0.0174. The molecule has 0 aromatic carbocycles. The van der Waals surface area contributed by atoms with Gasteiger partial charge in [-0.15, -0.1) is 0 Å². The summed E-state index contributed by atoms with van der Waals surface area (Å²) >= 11 is 0. The van der Waals surface area contributed by atoms with Crippen LogP contribution in [-0.2, 0) is 0 Å². The van der Waals surface area contributed by atoms with Gasteiger partial charge < -0.3 is 10.6 Å². The summed E-state index contributed by atoms with van der Waals surface area (Å²) in [7, 11) is 0. The highest BCUT2D eigenvalue weighted by atomic mass is 15.2. The van der Waals surface area contributed by atoms with Crippen LogP contribution in [-0.4, -0.2) is 67.2 Å². The van der Waals surface area contributed by atoms with Crippen molar-refractivity contribution in [1.82, 2.24) is 20.4 Å². The third kappa shape index (κ3) is 12.3. The highest BCUT2D eigenvalue weighted by Gasteiger charge is 2.42. The van der Waals surface area contributed by atoms with Gasteiger partial charge in [0.2, 0.25) is 0 Å². The number of hydrogen-bond donors (Lipinski definition) is 2. The van der Waals surface area contributed by atoms with Crippen molar-refractivity contribution < 1.29 is 0 Å². The summed E-state index contributed by atoms with van der Waals surface area (Å²) in [5.74, 6) is 0. The second-order valence-corrected chi connectivity index (χ2v) is 17.1. The molecule has 0 atom stereocenters. The highest BCUT2D eigenvalue weighted by molar-refractivity contribution is 5.02. The fraction of sp³-hybridized carbons (Fsp3) is 1.00. The van der Waals surface area contributed by atoms with Gasteiger partial charge in [0.05, 0.1) is 0 Å². The Hall–Kier alpha value is -0.160. The first-order valence-electron chi connectivity index (χ1n) is 15.2. The van der Waals surface area contributed by atoms with Crippen LogP contribution >= 0.6 is 0 Å². The summed E-state index contributed by atoms with van der Waals surface area (Å²) in [5, 5.41) is 8.17. The van der Waals surface area contributed by atoms with Gasteiger partial charge in [0.1, 0.15) is 0 Å². The highest BCUT2D eigenvalue weighted by Crippen LogP contribution is 2.34. The average molecular weight is 525 g/mol. The summed E-state index contributed by atoms with van der Waals surface area (Å²) in [4.78, 5) is 5.33. The van der Waals surface area contributed by atoms with Gasteiger partial charge in [0.15, 0.2) is 0 Å². The van der Waals surface area contributed by atoms with Crippen molar-refractivity contribution in [2.24, 2.45) is 0 Å². The maximum absolute atomic E-state index is 4.08. The number of nitrogens with one attached hydrogen (secondary N) is 2. The fourth-order valence-corrected chi connectivity index (χ4v) is 9.45. The molecule has 224 valence electrons. The van der Waals surface area contributed by atoms with E-state index in [4.69, 9.17) is 0 Å². The van der Waals surface area contributed by atoms with Gasteiger partial charge in [0, 0.05) is 57.4 Å². The van der Waals surface area contributed by atoms with Crippen LogP contribution in [0.3, 0.4) is 0 Å². The van der Waals surface area contributed by atoms with E-state index in [1.807, 2.05) is 0 Å². The van der Waals surface area contributed by atoms with Crippen molar-refractivity contribution in [3.05, 3.63) is 0 Å². The van der Waals surface area contributed by atoms with Gasteiger partial charge in [-0.3, -0.25) is 9.80 Å². The first-order chi connectivity index (χ1) is 16.1. The van der Waals surface area contributed by atoms with Gasteiger partial charge in [-0.2, -0.15) is 0 Å². The zero-order chi connectivity index (χ0) is 30.0. The lowest BCUT2D eigenvalue weighted by atomic mass is 9.78. The predicted octanol–water partition coefficient (Wildman–Crippen LogP) is 8.25. The topological polar surface area (TPSA) is 30.5 Å². The maximum Gasteiger partial charge on any atom is 0.0175 e. The Kier molecular flexibility index (Phi) is 12.5. The van der Waals surface area contributed by atoms with E-state index in [1.54, 1.807) is 0 Å². The summed E-state index contributed by atoms with van der Waals surface area (Å²) < 4.78 is 0. The van der Waals surface area contributed by atoms with Crippen LogP contribution in [0.5, 0.6) is 0 Å². The second-order valence-electron chi connectivity index (χ2n) is 17.1. The maximum atomic E-state index is 4.08. The van der Waals surface area contributed by atoms with E-state index in [9.17, 15) is 0 Å². The Bertz CT molecular complexity index is 606. The molecule has 37 heavy (non-hydrogen) atoms. The van der Waals surface area contributed by atoms with Crippen molar-refractivity contribution in [3.8, 4) is 0 Å². The molecule has 2 N–H and O–H groups in total. The van der Waals surface area contributed by atoms with E-state index < -0.39 is 0 Å². The molecule has 0 radical (unpaired) electrons. The lowest BCUT2D eigenvalue weighted by Crippen LogP contribution is -2.63. The van der Waals surface area contributed by atoms with Gasteiger partial charge in [-0.1, -0.05) is 0 Å². The van der Waals surface area contributed by atoms with E-state index in [-0.39, 0.29) is 33.2 Å². The minimum atomic E-state index is -0.00985. The molecule has 0 saturated heterocycles. The SMILES string of the molecule is CC(C)N(C(C)C)C(C)(C)CC(C)(C)NC(C)(C)CC(C)(C)NC(C)(C)CC(C)(C)N(C(C)C)C(C)C. The van der Waals surface area contributed by atoms with Crippen LogP contribution in [0.15, 0.2) is 0 Å². The van der Waals surface area contributed by atoms with Crippen LogP contribution in [0, 0.1) is 0 Å². The molecule has 0 aliphatic carbocycles. The molecule has 0 amide bonds. The molecule has 0 saturated carbocycles. The molecule has 0 aliphatic heterocycles. The first kappa shape index (κ1) is 36.8. The van der Waals surface area contributed by atoms with Crippen LogP contribution in [0.2, 0.25) is 0 Å². The third-order valence-corrected chi connectivity index (χ3v) is 7.61. The molecule has 0 heterocycles. The molecular weight excluding hydrogens is 452 g/mol. The van der Waals surface area contributed by atoms with Crippen LogP contribution in [0.4, 0.5) is 0 Å². The van der Waals surface area contributed by atoms with Gasteiger partial charge >= 0.3 is 0 Å². The summed E-state index contributed by atoms with van der Waals surface area (Å²) in [6, 6.07) is 2.10.